The van der Waals surface area contributed by atoms with Gasteiger partial charge in [0.25, 0.3) is 0 Å². The molecule has 0 fully saturated rings. The smallest absolute Gasteiger partial charge is 0.343 e. The molecule has 0 aliphatic carbocycles. The Morgan fingerprint density at radius 1 is 1.31 bits per heavy atom. The quantitative estimate of drug-likeness (QED) is 0.502. The van der Waals surface area contributed by atoms with Crippen molar-refractivity contribution in [2.45, 2.75) is 32.9 Å². The molecular weight excluding hydrogens is 192 g/mol. The van der Waals surface area contributed by atoms with Crippen LogP contribution in [0.1, 0.15) is 20.3 Å². The van der Waals surface area contributed by atoms with E-state index in [0.29, 0.717) is 13.1 Å². The monoisotopic (exact) mass is 209 g/mol. The summed E-state index contributed by atoms with van der Waals surface area (Å²) in [4.78, 5) is 12.9. The second-order valence-electron chi connectivity index (χ2n) is 3.14. The van der Waals surface area contributed by atoms with E-state index in [1.54, 1.807) is 4.90 Å². The minimum atomic E-state index is -4.04. The maximum Gasteiger partial charge on any atom is 0.422 e. The fraction of sp³-hybridized carbons (Fsp3) is 0.875. The Bertz CT molecular complexity index is 166. The maximum absolute atomic E-state index is 12.5. The number of carbonyl (C=O) groups excluding carboxylic acids is 1. The molecule has 0 atom stereocenters. The van der Waals surface area contributed by atoms with Gasteiger partial charge in [-0.25, -0.2) is 0 Å². The molecule has 0 heterocycles. The van der Waals surface area contributed by atoms with Gasteiger partial charge in [0, 0.05) is 25.6 Å². The normalized spacial score (nSPS) is 11.5. The number of rotatable bonds is 5. The van der Waals surface area contributed by atoms with Gasteiger partial charge in [-0.1, -0.05) is 0 Å². The fourth-order valence-corrected chi connectivity index (χ4v) is 1.71. The Balaban J connectivity index is 3.86. The van der Waals surface area contributed by atoms with E-state index in [0.717, 1.165) is 6.55 Å². The van der Waals surface area contributed by atoms with E-state index in [9.17, 15) is 13.0 Å². The van der Waals surface area contributed by atoms with Crippen molar-refractivity contribution >= 4 is 14.6 Å². The SMILES string of the molecule is CCN(CC)C(=O)CC[Si](C)(F)F. The average Bonchev–Trinajstić information content (AvgIpc) is 2.02. The first-order chi connectivity index (χ1) is 5.90. The molecule has 2 nitrogen and oxygen atoms in total. The van der Waals surface area contributed by atoms with Crippen molar-refractivity contribution in [2.24, 2.45) is 0 Å². The third-order valence-corrected chi connectivity index (χ3v) is 3.02. The Kier molecular flexibility index (Phi) is 5.13. The zero-order chi connectivity index (χ0) is 10.5. The van der Waals surface area contributed by atoms with Crippen LogP contribution < -0.4 is 0 Å². The van der Waals surface area contributed by atoms with Gasteiger partial charge in [0.1, 0.15) is 0 Å². The molecule has 0 saturated carbocycles. The van der Waals surface area contributed by atoms with Crippen molar-refractivity contribution in [1.29, 1.82) is 0 Å². The third-order valence-electron chi connectivity index (χ3n) is 1.89. The minimum absolute atomic E-state index is 0.00258. The number of nitrogens with zero attached hydrogens (tertiary/aromatic N) is 1. The van der Waals surface area contributed by atoms with Crippen molar-refractivity contribution in [3.05, 3.63) is 0 Å². The molecule has 0 aromatic heterocycles. The molecule has 13 heavy (non-hydrogen) atoms. The van der Waals surface area contributed by atoms with Crippen LogP contribution in [0.25, 0.3) is 0 Å². The molecule has 0 unspecified atom stereocenters. The van der Waals surface area contributed by atoms with Crippen LogP contribution in [0.5, 0.6) is 0 Å². The predicted octanol–water partition coefficient (Wildman–Crippen LogP) is 2.26. The molecule has 0 aromatic carbocycles. The Morgan fingerprint density at radius 2 is 1.77 bits per heavy atom. The van der Waals surface area contributed by atoms with Crippen LogP contribution in [-0.2, 0) is 4.79 Å². The van der Waals surface area contributed by atoms with Gasteiger partial charge >= 0.3 is 8.74 Å². The Hall–Kier alpha value is -0.453. The lowest BCUT2D eigenvalue weighted by Crippen LogP contribution is -2.31. The first-order valence-corrected chi connectivity index (χ1v) is 7.02. The van der Waals surface area contributed by atoms with Gasteiger partial charge < -0.3 is 4.90 Å². The summed E-state index contributed by atoms with van der Waals surface area (Å²) in [6, 6.07) is -0.220. The summed E-state index contributed by atoms with van der Waals surface area (Å²) >= 11 is 0. The van der Waals surface area contributed by atoms with Crippen molar-refractivity contribution < 1.29 is 13.0 Å². The van der Waals surface area contributed by atoms with Crippen LogP contribution >= 0.6 is 0 Å². The van der Waals surface area contributed by atoms with E-state index >= 15 is 0 Å². The molecule has 5 heteroatoms. The molecule has 0 bridgehead atoms. The fourth-order valence-electron chi connectivity index (χ4n) is 1.06. The largest absolute Gasteiger partial charge is 0.422 e. The Morgan fingerprint density at radius 3 is 2.08 bits per heavy atom. The molecule has 0 spiro atoms. The molecule has 0 aliphatic heterocycles. The minimum Gasteiger partial charge on any atom is -0.343 e. The topological polar surface area (TPSA) is 20.3 Å². The van der Waals surface area contributed by atoms with Gasteiger partial charge in [-0.3, -0.25) is 13.0 Å². The molecule has 0 aromatic rings. The second kappa shape index (κ2) is 5.31. The van der Waals surface area contributed by atoms with Crippen molar-refractivity contribution in [3.8, 4) is 0 Å². The van der Waals surface area contributed by atoms with E-state index < -0.39 is 8.74 Å². The number of amides is 1. The number of hydrogen-bond acceptors (Lipinski definition) is 1. The van der Waals surface area contributed by atoms with Crippen LogP contribution in [0.3, 0.4) is 0 Å². The van der Waals surface area contributed by atoms with Crippen LogP contribution in [0.15, 0.2) is 0 Å². The second-order valence-corrected chi connectivity index (χ2v) is 5.78. The summed E-state index contributed by atoms with van der Waals surface area (Å²) in [5.41, 5.74) is 0. The molecule has 0 saturated heterocycles. The highest BCUT2D eigenvalue weighted by Crippen LogP contribution is 2.15. The van der Waals surface area contributed by atoms with E-state index in [2.05, 4.69) is 0 Å². The summed E-state index contributed by atoms with van der Waals surface area (Å²) < 4.78 is 25.0. The van der Waals surface area contributed by atoms with E-state index in [4.69, 9.17) is 0 Å². The van der Waals surface area contributed by atoms with Crippen molar-refractivity contribution in [1.82, 2.24) is 4.90 Å². The van der Waals surface area contributed by atoms with Crippen LogP contribution in [-0.4, -0.2) is 32.6 Å². The van der Waals surface area contributed by atoms with Gasteiger partial charge in [-0.15, -0.1) is 0 Å². The van der Waals surface area contributed by atoms with Crippen molar-refractivity contribution in [3.63, 3.8) is 0 Å². The molecular formula is C8H17F2NOSi. The summed E-state index contributed by atoms with van der Waals surface area (Å²) in [7, 11) is -4.04. The van der Waals surface area contributed by atoms with Crippen LogP contribution in [0.2, 0.25) is 12.6 Å². The highest BCUT2D eigenvalue weighted by molar-refractivity contribution is 6.64. The van der Waals surface area contributed by atoms with Gasteiger partial charge in [0.2, 0.25) is 5.91 Å². The molecule has 1 amide bonds. The highest BCUT2D eigenvalue weighted by Gasteiger charge is 2.28. The summed E-state index contributed by atoms with van der Waals surface area (Å²) in [6.07, 6.45) is -0.00258. The summed E-state index contributed by atoms with van der Waals surface area (Å²) in [6.45, 7) is 5.88. The molecule has 0 radical (unpaired) electrons. The third kappa shape index (κ3) is 5.73. The molecule has 78 valence electrons. The zero-order valence-corrected chi connectivity index (χ0v) is 9.44. The molecule has 0 rings (SSSR count). The van der Waals surface area contributed by atoms with Gasteiger partial charge in [0.15, 0.2) is 0 Å². The lowest BCUT2D eigenvalue weighted by Gasteiger charge is -2.18. The predicted molar refractivity (Wildman–Crippen MR) is 51.2 cm³/mol. The van der Waals surface area contributed by atoms with E-state index in [-0.39, 0.29) is 18.4 Å². The van der Waals surface area contributed by atoms with Crippen molar-refractivity contribution in [2.75, 3.05) is 13.1 Å². The first-order valence-electron chi connectivity index (χ1n) is 4.56. The summed E-state index contributed by atoms with van der Waals surface area (Å²) in [5, 5.41) is 0. The Labute approximate surface area is 79.3 Å². The van der Waals surface area contributed by atoms with Gasteiger partial charge in [-0.2, -0.15) is 0 Å². The lowest BCUT2D eigenvalue weighted by atomic mass is 10.4. The van der Waals surface area contributed by atoms with Crippen LogP contribution in [0, 0.1) is 0 Å². The molecule has 0 N–H and O–H groups in total. The lowest BCUT2D eigenvalue weighted by molar-refractivity contribution is -0.130. The number of hydrogen-bond donors (Lipinski definition) is 0. The number of halogens is 2. The summed E-state index contributed by atoms with van der Waals surface area (Å²) in [5.74, 6) is -0.154. The zero-order valence-electron chi connectivity index (χ0n) is 8.44. The van der Waals surface area contributed by atoms with Gasteiger partial charge in [0.05, 0.1) is 0 Å². The first kappa shape index (κ1) is 12.5. The average molecular weight is 209 g/mol. The highest BCUT2D eigenvalue weighted by atomic mass is 28.4. The standard InChI is InChI=1S/C8H17F2NOSi/c1-4-11(5-2)8(12)6-7-13(3,9)10/h4-7H2,1-3H3. The van der Waals surface area contributed by atoms with Gasteiger partial charge in [-0.05, 0) is 20.4 Å². The van der Waals surface area contributed by atoms with Crippen LogP contribution in [0.4, 0.5) is 8.22 Å². The number of carbonyl (C=O) groups is 1. The maximum atomic E-state index is 12.5. The van der Waals surface area contributed by atoms with E-state index in [1.165, 1.54) is 0 Å². The van der Waals surface area contributed by atoms with E-state index in [1.807, 2.05) is 13.8 Å². The molecule has 0 aliphatic rings.